The fourth-order valence-corrected chi connectivity index (χ4v) is 6.44. The van der Waals surface area contributed by atoms with Gasteiger partial charge in [-0.05, 0) is 50.6 Å². The van der Waals surface area contributed by atoms with Crippen LogP contribution in [0.5, 0.6) is 0 Å². The van der Waals surface area contributed by atoms with Crippen LogP contribution >= 0.6 is 34.3 Å². The molecule has 0 radical (unpaired) electrons. The molecule has 40 heavy (non-hydrogen) atoms. The molecule has 0 aliphatic carbocycles. The van der Waals surface area contributed by atoms with Crippen molar-refractivity contribution in [2.75, 3.05) is 13.1 Å². The van der Waals surface area contributed by atoms with Crippen LogP contribution in [-0.2, 0) is 4.79 Å². The molecule has 1 atom stereocenters. The zero-order chi connectivity index (χ0) is 28.2. The van der Waals surface area contributed by atoms with Crippen molar-refractivity contribution in [2.45, 2.75) is 39.7 Å². The van der Waals surface area contributed by atoms with Crippen LogP contribution in [0.25, 0.3) is 5.00 Å². The topological polar surface area (TPSA) is 98.2 Å². The molecular formula is C30H27ClN6OS2. The Morgan fingerprint density at radius 1 is 1.05 bits per heavy atom. The van der Waals surface area contributed by atoms with Crippen LogP contribution in [0.2, 0.25) is 5.02 Å². The molecule has 7 nitrogen and oxygen atoms in total. The molecule has 0 fully saturated rings. The van der Waals surface area contributed by atoms with E-state index in [4.69, 9.17) is 22.3 Å². The first kappa shape index (κ1) is 27.8. The zero-order valence-electron chi connectivity index (χ0n) is 22.3. The molecule has 10 heteroatoms. The summed E-state index contributed by atoms with van der Waals surface area (Å²) in [6.45, 7) is 6.90. The molecule has 4 heterocycles. The first-order valence-corrected chi connectivity index (χ1v) is 14.8. The van der Waals surface area contributed by atoms with Crippen molar-refractivity contribution in [3.63, 3.8) is 0 Å². The van der Waals surface area contributed by atoms with Crippen LogP contribution in [0, 0.1) is 44.5 Å². The van der Waals surface area contributed by atoms with Gasteiger partial charge in [0.05, 0.1) is 28.4 Å². The first-order chi connectivity index (χ1) is 19.4. The minimum absolute atomic E-state index is 0.115. The maximum atomic E-state index is 13.1. The number of nitrogens with one attached hydrogen (secondary N) is 1. The number of amides is 1. The number of fused-ring (bicyclic) bond motifs is 3. The summed E-state index contributed by atoms with van der Waals surface area (Å²) in [7, 11) is 0. The summed E-state index contributed by atoms with van der Waals surface area (Å²) in [5.41, 5.74) is 9.42. The number of thiophene rings is 2. The van der Waals surface area contributed by atoms with Crippen molar-refractivity contribution >= 4 is 45.9 Å². The Morgan fingerprint density at radius 3 is 2.50 bits per heavy atom. The molecule has 1 aliphatic rings. The van der Waals surface area contributed by atoms with Gasteiger partial charge in [-0.25, -0.2) is 0 Å². The monoisotopic (exact) mass is 586 g/mol. The molecule has 0 spiro atoms. The van der Waals surface area contributed by atoms with E-state index in [1.54, 1.807) is 11.3 Å². The fraction of sp³-hybridized carbons (Fsp3) is 0.267. The Bertz CT molecular complexity index is 1720. The lowest BCUT2D eigenvalue weighted by molar-refractivity contribution is -0.121. The van der Waals surface area contributed by atoms with Gasteiger partial charge in [0, 0.05) is 34.0 Å². The molecular weight excluding hydrogens is 560 g/mol. The first-order valence-electron chi connectivity index (χ1n) is 12.8. The normalized spacial score (nSPS) is 13.6. The molecule has 0 unspecified atom stereocenters. The highest BCUT2D eigenvalue weighted by molar-refractivity contribution is 7.15. The summed E-state index contributed by atoms with van der Waals surface area (Å²) in [4.78, 5) is 21.3. The second-order valence-corrected chi connectivity index (χ2v) is 11.9. The Labute approximate surface area is 246 Å². The summed E-state index contributed by atoms with van der Waals surface area (Å²) in [5, 5.41) is 13.4. The van der Waals surface area contributed by atoms with Crippen molar-refractivity contribution in [3.05, 3.63) is 84.4 Å². The number of hydrogen-bond donors (Lipinski definition) is 2. The minimum atomic E-state index is -0.522. The molecule has 202 valence electrons. The molecule has 1 aromatic carbocycles. The average Bonchev–Trinajstić information content (AvgIpc) is 3.60. The molecule has 3 aromatic heterocycles. The van der Waals surface area contributed by atoms with Crippen LogP contribution in [-0.4, -0.2) is 39.5 Å². The van der Waals surface area contributed by atoms with Crippen LogP contribution in [0.1, 0.15) is 61.9 Å². The average molecular weight is 587 g/mol. The van der Waals surface area contributed by atoms with Crippen LogP contribution < -0.4 is 11.1 Å². The third kappa shape index (κ3) is 5.89. The van der Waals surface area contributed by atoms with E-state index in [1.807, 2.05) is 47.9 Å². The third-order valence-electron chi connectivity index (χ3n) is 6.41. The van der Waals surface area contributed by atoms with Gasteiger partial charge >= 0.3 is 0 Å². The summed E-state index contributed by atoms with van der Waals surface area (Å²) < 4.78 is 2.04. The number of aliphatic imine (C=N–C) groups is 1. The summed E-state index contributed by atoms with van der Waals surface area (Å²) in [5.74, 6) is 13.5. The number of benzene rings is 1. The number of nitrogens with zero attached hydrogens (tertiary/aromatic N) is 4. The van der Waals surface area contributed by atoms with E-state index in [1.165, 1.54) is 16.2 Å². The molecule has 3 N–H and O–H groups in total. The van der Waals surface area contributed by atoms with E-state index < -0.39 is 6.04 Å². The van der Waals surface area contributed by atoms with Crippen molar-refractivity contribution in [2.24, 2.45) is 10.7 Å². The largest absolute Gasteiger partial charge is 0.345 e. The summed E-state index contributed by atoms with van der Waals surface area (Å²) in [6, 6.07) is 11.0. The highest BCUT2D eigenvalue weighted by Gasteiger charge is 2.32. The lowest BCUT2D eigenvalue weighted by atomic mass is 9.99. The van der Waals surface area contributed by atoms with Gasteiger partial charge in [-0.1, -0.05) is 47.4 Å². The molecule has 4 aromatic rings. The van der Waals surface area contributed by atoms with Gasteiger partial charge in [-0.3, -0.25) is 14.4 Å². The lowest BCUT2D eigenvalue weighted by Crippen LogP contribution is -2.25. The molecule has 5 rings (SSSR count). The maximum absolute atomic E-state index is 13.1. The highest BCUT2D eigenvalue weighted by atomic mass is 35.5. The van der Waals surface area contributed by atoms with Crippen molar-refractivity contribution in [1.29, 1.82) is 0 Å². The van der Waals surface area contributed by atoms with Gasteiger partial charge in [0.2, 0.25) is 5.91 Å². The predicted molar refractivity (Wildman–Crippen MR) is 163 cm³/mol. The number of halogens is 1. The third-order valence-corrected chi connectivity index (χ3v) is 8.77. The maximum Gasteiger partial charge on any atom is 0.223 e. The number of nitrogens with two attached hydrogens (primary N) is 1. The summed E-state index contributed by atoms with van der Waals surface area (Å²) >= 11 is 9.38. The van der Waals surface area contributed by atoms with E-state index in [0.29, 0.717) is 23.8 Å². The molecule has 1 amide bonds. The van der Waals surface area contributed by atoms with E-state index in [9.17, 15) is 4.79 Å². The molecule has 0 saturated carbocycles. The molecule has 0 bridgehead atoms. The molecule has 0 saturated heterocycles. The minimum Gasteiger partial charge on any atom is -0.345 e. The van der Waals surface area contributed by atoms with Gasteiger partial charge in [-0.2, -0.15) is 0 Å². The van der Waals surface area contributed by atoms with Crippen LogP contribution in [0.3, 0.4) is 0 Å². The van der Waals surface area contributed by atoms with E-state index in [0.717, 1.165) is 43.0 Å². The van der Waals surface area contributed by atoms with Crippen molar-refractivity contribution in [3.8, 4) is 28.7 Å². The van der Waals surface area contributed by atoms with Gasteiger partial charge < -0.3 is 11.1 Å². The number of carbonyl (C=O) groups excluding carboxylic acids is 1. The Balaban J connectivity index is 1.38. The van der Waals surface area contributed by atoms with Crippen molar-refractivity contribution in [1.82, 2.24) is 20.1 Å². The number of rotatable bonds is 5. The summed E-state index contributed by atoms with van der Waals surface area (Å²) in [6.07, 6.45) is 0.782. The predicted octanol–water partition coefficient (Wildman–Crippen LogP) is 5.12. The SMILES string of the molecule is Cc1sc2c(c1C)C(c1ccc(Cl)cc1)=N[C@@H](CC(=O)NCC#Cc1ccc(C#CCCN)s1)c1nnc(C)n1-2. The van der Waals surface area contributed by atoms with E-state index in [2.05, 4.69) is 53.0 Å². The second kappa shape index (κ2) is 12.2. The van der Waals surface area contributed by atoms with Gasteiger partial charge in [0.1, 0.15) is 16.9 Å². The van der Waals surface area contributed by atoms with Crippen LogP contribution in [0.4, 0.5) is 0 Å². The Hall–Kier alpha value is -3.73. The van der Waals surface area contributed by atoms with Crippen LogP contribution in [0.15, 0.2) is 41.4 Å². The number of aromatic nitrogens is 3. The Kier molecular flexibility index (Phi) is 8.49. The molecule has 1 aliphatic heterocycles. The van der Waals surface area contributed by atoms with E-state index in [-0.39, 0.29) is 18.9 Å². The zero-order valence-corrected chi connectivity index (χ0v) is 24.7. The highest BCUT2D eigenvalue weighted by Crippen LogP contribution is 2.39. The fourth-order valence-electron chi connectivity index (χ4n) is 4.35. The second-order valence-electron chi connectivity index (χ2n) is 9.19. The number of hydrogen-bond acceptors (Lipinski definition) is 7. The Morgan fingerprint density at radius 2 is 1.77 bits per heavy atom. The van der Waals surface area contributed by atoms with Gasteiger partial charge in [0.25, 0.3) is 0 Å². The smallest absolute Gasteiger partial charge is 0.223 e. The van der Waals surface area contributed by atoms with E-state index >= 15 is 0 Å². The number of carbonyl (C=O) groups is 1. The quantitative estimate of drug-likeness (QED) is 0.317. The van der Waals surface area contributed by atoms with Gasteiger partial charge in [-0.15, -0.1) is 32.9 Å². The number of aryl methyl sites for hydroxylation is 2. The standard InChI is InChI=1S/C30H27ClN6OS2/c1-18-19(2)39-30-27(18)28(21-9-11-22(31)12-10-21)34-25(29-36-35-20(3)37(29)30)17-26(38)33-16-6-8-24-14-13-23(40-24)7-4-5-15-32/h9-14,25H,5,15-17,32H2,1-3H3,(H,33,38)/t25-/m0/s1. The van der Waals surface area contributed by atoms with Gasteiger partial charge in [0.15, 0.2) is 5.82 Å². The lowest BCUT2D eigenvalue weighted by Gasteiger charge is -2.12. The van der Waals surface area contributed by atoms with Crippen molar-refractivity contribution < 1.29 is 4.79 Å².